The number of hydrogen-bond donors (Lipinski definition) is 2. The van der Waals surface area contributed by atoms with Crippen molar-refractivity contribution in [2.75, 3.05) is 0 Å². The van der Waals surface area contributed by atoms with Gasteiger partial charge in [0.05, 0.1) is 21.8 Å². The first-order valence-electron chi connectivity index (χ1n) is 8.72. The topological polar surface area (TPSA) is 87.2 Å². The van der Waals surface area contributed by atoms with Crippen molar-refractivity contribution in [3.8, 4) is 5.88 Å². The van der Waals surface area contributed by atoms with Crippen molar-refractivity contribution in [2.24, 2.45) is 9.98 Å². The summed E-state index contributed by atoms with van der Waals surface area (Å²) in [6.07, 6.45) is 3.68. The Balaban J connectivity index is 1.80. The normalized spacial score (nSPS) is 14.6. The van der Waals surface area contributed by atoms with E-state index in [1.165, 1.54) is 23.5 Å². The van der Waals surface area contributed by atoms with Gasteiger partial charge in [0.25, 0.3) is 0 Å². The number of aromatic carboxylic acids is 1. The summed E-state index contributed by atoms with van der Waals surface area (Å²) in [6.45, 7) is 2.45. The number of rotatable bonds is 4. The van der Waals surface area contributed by atoms with E-state index in [4.69, 9.17) is 5.11 Å². The van der Waals surface area contributed by atoms with Crippen LogP contribution in [0.25, 0.3) is 11.6 Å². The minimum atomic E-state index is -1.00. The lowest BCUT2D eigenvalue weighted by atomic mass is 10.1. The first-order chi connectivity index (χ1) is 13.6. The molecule has 0 amide bonds. The molecule has 2 N–H and O–H groups in total. The van der Waals surface area contributed by atoms with Crippen LogP contribution in [0.4, 0.5) is 11.4 Å². The summed E-state index contributed by atoms with van der Waals surface area (Å²) in [6, 6.07) is 14.3. The van der Waals surface area contributed by atoms with Crippen LogP contribution in [-0.2, 0) is 6.54 Å². The van der Waals surface area contributed by atoms with Gasteiger partial charge in [-0.2, -0.15) is 0 Å². The molecule has 28 heavy (non-hydrogen) atoms. The second-order valence-corrected chi connectivity index (χ2v) is 7.17. The fourth-order valence-electron chi connectivity index (χ4n) is 3.00. The van der Waals surface area contributed by atoms with Crippen LogP contribution in [0.15, 0.2) is 58.5 Å². The fourth-order valence-corrected chi connectivity index (χ4v) is 4.06. The Kier molecular flexibility index (Phi) is 4.67. The summed E-state index contributed by atoms with van der Waals surface area (Å²) >= 11 is 1.34. The Morgan fingerprint density at radius 1 is 1.25 bits per heavy atom. The van der Waals surface area contributed by atoms with E-state index in [-0.39, 0.29) is 11.4 Å². The molecule has 0 bridgehead atoms. The van der Waals surface area contributed by atoms with Gasteiger partial charge in [-0.15, -0.1) is 0 Å². The third-order valence-electron chi connectivity index (χ3n) is 4.39. The minimum Gasteiger partial charge on any atom is -0.493 e. The molecular formula is C21H17N3O3S. The lowest BCUT2D eigenvalue weighted by molar-refractivity contribution is 0.0697. The van der Waals surface area contributed by atoms with Crippen molar-refractivity contribution in [2.45, 2.75) is 13.5 Å². The average molecular weight is 391 g/mol. The van der Waals surface area contributed by atoms with E-state index in [2.05, 4.69) is 9.98 Å². The third kappa shape index (κ3) is 3.27. The predicted molar refractivity (Wildman–Crippen MR) is 111 cm³/mol. The standard InChI is InChI=1S/C21H17N3O3S/c1-2-24-19(25)18(11-14-12-22-17-9-4-3-8-16(14)17)28-21(24)23-15-7-5-6-13(10-15)20(26)27/h3-12,25H,2H2,1H3,(H,26,27)/b14-11-,23-21?. The van der Waals surface area contributed by atoms with Crippen LogP contribution in [0, 0.1) is 0 Å². The molecule has 0 atom stereocenters. The van der Waals surface area contributed by atoms with Crippen molar-refractivity contribution in [1.29, 1.82) is 0 Å². The number of carboxylic acid groups (broad SMARTS) is 1. The molecule has 1 aromatic heterocycles. The van der Waals surface area contributed by atoms with Crippen LogP contribution in [0.1, 0.15) is 27.7 Å². The molecule has 6 nitrogen and oxygen atoms in total. The van der Waals surface area contributed by atoms with Gasteiger partial charge in [-0.05, 0) is 37.3 Å². The Bertz CT molecular complexity index is 1200. The molecule has 0 fully saturated rings. The molecule has 7 heteroatoms. The number of aromatic hydroxyl groups is 1. The largest absolute Gasteiger partial charge is 0.493 e. The number of para-hydroxylation sites is 1. The highest BCUT2D eigenvalue weighted by Crippen LogP contribution is 2.34. The second kappa shape index (κ2) is 7.28. The van der Waals surface area contributed by atoms with E-state index >= 15 is 0 Å². The summed E-state index contributed by atoms with van der Waals surface area (Å²) in [5.41, 5.74) is 3.55. The van der Waals surface area contributed by atoms with E-state index in [0.717, 1.165) is 16.8 Å². The summed E-state index contributed by atoms with van der Waals surface area (Å²) in [5.74, 6) is -0.870. The van der Waals surface area contributed by atoms with Gasteiger partial charge in [-0.3, -0.25) is 9.56 Å². The van der Waals surface area contributed by atoms with Crippen LogP contribution in [-0.4, -0.2) is 27.0 Å². The van der Waals surface area contributed by atoms with E-state index in [1.807, 2.05) is 37.3 Å². The summed E-state index contributed by atoms with van der Waals surface area (Å²) in [5, 5.41) is 19.8. The molecule has 1 aliphatic rings. The molecule has 0 saturated heterocycles. The number of aromatic nitrogens is 1. The predicted octanol–water partition coefficient (Wildman–Crippen LogP) is 4.46. The number of nitrogens with zero attached hydrogens (tertiary/aromatic N) is 3. The zero-order valence-corrected chi connectivity index (χ0v) is 15.8. The fraction of sp³-hybridized carbons (Fsp3) is 0.0952. The Labute approximate surface area is 165 Å². The number of carbonyl (C=O) groups is 1. The van der Waals surface area contributed by atoms with Gasteiger partial charge in [0.15, 0.2) is 4.80 Å². The van der Waals surface area contributed by atoms with Gasteiger partial charge in [0.2, 0.25) is 5.88 Å². The third-order valence-corrected chi connectivity index (χ3v) is 5.40. The van der Waals surface area contributed by atoms with Crippen molar-refractivity contribution in [1.82, 2.24) is 4.57 Å². The van der Waals surface area contributed by atoms with Gasteiger partial charge in [-0.25, -0.2) is 9.79 Å². The average Bonchev–Trinajstić information content (AvgIpc) is 3.23. The lowest BCUT2D eigenvalue weighted by Gasteiger charge is -2.01. The molecule has 0 saturated carbocycles. The Morgan fingerprint density at radius 3 is 2.86 bits per heavy atom. The summed E-state index contributed by atoms with van der Waals surface area (Å²) in [7, 11) is 0. The summed E-state index contributed by atoms with van der Waals surface area (Å²) < 4.78 is 1.70. The van der Waals surface area contributed by atoms with Crippen LogP contribution >= 0.6 is 11.3 Å². The monoisotopic (exact) mass is 391 g/mol. The first kappa shape index (κ1) is 17.9. The van der Waals surface area contributed by atoms with Crippen LogP contribution in [0.5, 0.6) is 5.88 Å². The number of hydrogen-bond acceptors (Lipinski definition) is 5. The number of carboxylic acids is 1. The highest BCUT2D eigenvalue weighted by molar-refractivity contribution is 7.10. The molecule has 0 unspecified atom stereocenters. The number of thiazole rings is 1. The zero-order valence-electron chi connectivity index (χ0n) is 15.0. The van der Waals surface area contributed by atoms with Crippen molar-refractivity contribution < 1.29 is 15.0 Å². The molecule has 0 aliphatic carbocycles. The number of allylic oxidation sites excluding steroid dienone is 1. The van der Waals surface area contributed by atoms with Crippen molar-refractivity contribution in [3.63, 3.8) is 0 Å². The molecular weight excluding hydrogens is 374 g/mol. The zero-order chi connectivity index (χ0) is 19.7. The smallest absolute Gasteiger partial charge is 0.335 e. The Morgan fingerprint density at radius 2 is 2.07 bits per heavy atom. The molecule has 3 aromatic rings. The molecule has 4 rings (SSSR count). The highest BCUT2D eigenvalue weighted by atomic mass is 32.1. The number of fused-ring (bicyclic) bond motifs is 1. The van der Waals surface area contributed by atoms with E-state index in [1.54, 1.807) is 22.9 Å². The van der Waals surface area contributed by atoms with E-state index in [9.17, 15) is 9.90 Å². The van der Waals surface area contributed by atoms with Crippen molar-refractivity contribution in [3.05, 3.63) is 69.3 Å². The van der Waals surface area contributed by atoms with Gasteiger partial charge in [0, 0.05) is 23.9 Å². The minimum absolute atomic E-state index is 0.130. The maximum atomic E-state index is 11.2. The van der Waals surface area contributed by atoms with Crippen LogP contribution in [0.3, 0.4) is 0 Å². The maximum Gasteiger partial charge on any atom is 0.335 e. The molecule has 0 radical (unpaired) electrons. The first-order valence-corrected chi connectivity index (χ1v) is 9.54. The molecule has 2 heterocycles. The molecule has 1 aliphatic heterocycles. The van der Waals surface area contributed by atoms with Crippen LogP contribution in [0.2, 0.25) is 0 Å². The van der Waals surface area contributed by atoms with E-state index < -0.39 is 5.97 Å². The van der Waals surface area contributed by atoms with Gasteiger partial charge in [0.1, 0.15) is 0 Å². The lowest BCUT2D eigenvalue weighted by Crippen LogP contribution is -2.12. The van der Waals surface area contributed by atoms with E-state index in [0.29, 0.717) is 21.9 Å². The highest BCUT2D eigenvalue weighted by Gasteiger charge is 2.15. The quantitative estimate of drug-likeness (QED) is 0.688. The molecule has 0 spiro atoms. The maximum absolute atomic E-state index is 11.2. The number of benzene rings is 2. The van der Waals surface area contributed by atoms with Gasteiger partial charge >= 0.3 is 5.97 Å². The van der Waals surface area contributed by atoms with Gasteiger partial charge < -0.3 is 10.2 Å². The second-order valence-electron chi connectivity index (χ2n) is 6.16. The summed E-state index contributed by atoms with van der Waals surface area (Å²) in [4.78, 5) is 21.4. The Hall–Kier alpha value is -3.45. The van der Waals surface area contributed by atoms with Crippen LogP contribution < -0.4 is 4.80 Å². The van der Waals surface area contributed by atoms with Gasteiger partial charge in [-0.1, -0.05) is 35.6 Å². The molecule has 2 aromatic carbocycles. The molecule has 140 valence electrons. The SMILES string of the molecule is CCn1c(O)c(/C=C2/C=Nc3ccccc32)sc1=Nc1cccc(C(=O)O)c1. The van der Waals surface area contributed by atoms with Crippen molar-refractivity contribution >= 4 is 46.5 Å². The number of aliphatic imine (C=N–C) groups is 1.